The fraction of sp³-hybridized carbons (Fsp3) is 0.364. The molecule has 0 atom stereocenters. The number of anilines is 2. The van der Waals surface area contributed by atoms with Crippen LogP contribution in [0.15, 0.2) is 48.5 Å². The van der Waals surface area contributed by atoms with Crippen molar-refractivity contribution in [3.63, 3.8) is 0 Å². The Morgan fingerprint density at radius 3 is 2.17 bits per heavy atom. The van der Waals surface area contributed by atoms with Crippen LogP contribution in [0.25, 0.3) is 0 Å². The van der Waals surface area contributed by atoms with Gasteiger partial charge in [-0.15, -0.1) is 0 Å². The van der Waals surface area contributed by atoms with Gasteiger partial charge in [-0.2, -0.15) is 0 Å². The minimum absolute atomic E-state index is 0.0394. The van der Waals surface area contributed by atoms with Gasteiger partial charge in [0.1, 0.15) is 0 Å². The highest BCUT2D eigenvalue weighted by Crippen LogP contribution is 2.16. The number of benzene rings is 2. The molecule has 0 spiro atoms. The van der Waals surface area contributed by atoms with Gasteiger partial charge in [0.2, 0.25) is 5.91 Å². The van der Waals surface area contributed by atoms with Crippen LogP contribution in [0.5, 0.6) is 0 Å². The summed E-state index contributed by atoms with van der Waals surface area (Å²) >= 11 is 0. The fourth-order valence-corrected chi connectivity index (χ4v) is 2.58. The summed E-state index contributed by atoms with van der Waals surface area (Å²) in [6.45, 7) is 6.52. The van der Waals surface area contributed by atoms with Gasteiger partial charge in [-0.3, -0.25) is 19.7 Å². The molecule has 0 aromatic heterocycles. The summed E-state index contributed by atoms with van der Waals surface area (Å²) in [5.74, 6) is -0.262. The Kier molecular flexibility index (Phi) is 7.91. The molecule has 2 aromatic carbocycles. The van der Waals surface area contributed by atoms with Gasteiger partial charge >= 0.3 is 0 Å². The topological polar surface area (TPSA) is 113 Å². The van der Waals surface area contributed by atoms with Crippen LogP contribution in [0, 0.1) is 10.1 Å². The maximum Gasteiger partial charge on any atom is 0.269 e. The van der Waals surface area contributed by atoms with Crippen molar-refractivity contribution in [2.45, 2.75) is 45.6 Å². The molecule has 0 radical (unpaired) electrons. The van der Waals surface area contributed by atoms with Crippen molar-refractivity contribution in [2.24, 2.45) is 0 Å². The Morgan fingerprint density at radius 2 is 1.60 bits per heavy atom. The van der Waals surface area contributed by atoms with Gasteiger partial charge < -0.3 is 16.0 Å². The molecule has 3 N–H and O–H groups in total. The lowest BCUT2D eigenvalue weighted by Gasteiger charge is -2.24. The number of non-ortho nitro benzene ring substituents is 1. The van der Waals surface area contributed by atoms with Crippen molar-refractivity contribution < 1.29 is 14.5 Å². The third-order valence-corrected chi connectivity index (χ3v) is 4.75. The summed E-state index contributed by atoms with van der Waals surface area (Å²) in [4.78, 5) is 34.5. The summed E-state index contributed by atoms with van der Waals surface area (Å²) in [6, 6.07) is 12.9. The van der Waals surface area contributed by atoms with Crippen LogP contribution >= 0.6 is 0 Å². The van der Waals surface area contributed by atoms with Crippen molar-refractivity contribution in [3.8, 4) is 0 Å². The predicted molar refractivity (Wildman–Crippen MR) is 118 cm³/mol. The molecule has 30 heavy (non-hydrogen) atoms. The molecule has 0 saturated carbocycles. The van der Waals surface area contributed by atoms with Gasteiger partial charge in [0.05, 0.1) is 4.92 Å². The Morgan fingerprint density at radius 1 is 1.00 bits per heavy atom. The molecule has 2 rings (SSSR count). The first-order valence-electron chi connectivity index (χ1n) is 9.91. The lowest BCUT2D eigenvalue weighted by molar-refractivity contribution is -0.384. The standard InChI is InChI=1S/C22H28N4O4/c1-4-22(2,3)25-21(28)16-7-9-18(10-8-16)24-20(27)6-5-15-23-17-11-13-19(14-12-17)26(29)30/h7-14,23H,4-6,15H2,1-3H3,(H,24,27)(H,25,28). The number of amides is 2. The zero-order valence-electron chi connectivity index (χ0n) is 17.5. The van der Waals surface area contributed by atoms with Crippen molar-refractivity contribution in [1.29, 1.82) is 0 Å². The molecule has 0 unspecified atom stereocenters. The highest BCUT2D eigenvalue weighted by Gasteiger charge is 2.18. The fourth-order valence-electron chi connectivity index (χ4n) is 2.58. The monoisotopic (exact) mass is 412 g/mol. The van der Waals surface area contributed by atoms with Gasteiger partial charge in [0.25, 0.3) is 11.6 Å². The van der Waals surface area contributed by atoms with E-state index in [4.69, 9.17) is 0 Å². The average Bonchev–Trinajstić information content (AvgIpc) is 2.71. The molecule has 0 aliphatic heterocycles. The molecule has 0 fully saturated rings. The minimum Gasteiger partial charge on any atom is -0.385 e. The van der Waals surface area contributed by atoms with Crippen molar-refractivity contribution in [2.75, 3.05) is 17.2 Å². The number of carbonyl (C=O) groups is 2. The van der Waals surface area contributed by atoms with Crippen molar-refractivity contribution in [3.05, 3.63) is 64.2 Å². The SMILES string of the molecule is CCC(C)(C)NC(=O)c1ccc(NC(=O)CCCNc2ccc([N+](=O)[O-])cc2)cc1. The summed E-state index contributed by atoms with van der Waals surface area (Å²) in [6.07, 6.45) is 1.76. The van der Waals surface area contributed by atoms with E-state index < -0.39 is 4.92 Å². The molecule has 0 aliphatic rings. The summed E-state index contributed by atoms with van der Waals surface area (Å²) in [7, 11) is 0. The summed E-state index contributed by atoms with van der Waals surface area (Å²) in [5, 5.41) is 19.5. The second-order valence-electron chi connectivity index (χ2n) is 7.65. The predicted octanol–water partition coefficient (Wildman–Crippen LogP) is 4.34. The third kappa shape index (κ3) is 7.20. The molecule has 2 aromatic rings. The van der Waals surface area contributed by atoms with E-state index in [1.54, 1.807) is 36.4 Å². The van der Waals surface area contributed by atoms with Crippen molar-refractivity contribution in [1.82, 2.24) is 5.32 Å². The Labute approximate surface area is 176 Å². The molecule has 2 amide bonds. The largest absolute Gasteiger partial charge is 0.385 e. The zero-order chi connectivity index (χ0) is 22.1. The first-order valence-corrected chi connectivity index (χ1v) is 9.91. The van der Waals surface area contributed by atoms with Crippen molar-refractivity contribution >= 4 is 28.9 Å². The number of nitro groups is 1. The number of rotatable bonds is 10. The molecule has 0 bridgehead atoms. The van der Waals surface area contributed by atoms with Crippen LogP contribution in [-0.4, -0.2) is 28.8 Å². The lowest BCUT2D eigenvalue weighted by atomic mass is 10.0. The van der Waals surface area contributed by atoms with Gasteiger partial charge in [-0.05, 0) is 63.1 Å². The van der Waals surface area contributed by atoms with Crippen LogP contribution in [0.3, 0.4) is 0 Å². The molecular formula is C22H28N4O4. The van der Waals surface area contributed by atoms with Crippen LogP contribution < -0.4 is 16.0 Å². The van der Waals surface area contributed by atoms with Crippen LogP contribution in [-0.2, 0) is 4.79 Å². The van der Waals surface area contributed by atoms with E-state index in [1.807, 2.05) is 20.8 Å². The maximum atomic E-state index is 12.3. The third-order valence-electron chi connectivity index (χ3n) is 4.75. The molecule has 8 heteroatoms. The molecule has 0 saturated heterocycles. The molecular weight excluding hydrogens is 384 g/mol. The summed E-state index contributed by atoms with van der Waals surface area (Å²) < 4.78 is 0. The number of nitro benzene ring substituents is 1. The Balaban J connectivity index is 1.74. The van der Waals surface area contributed by atoms with E-state index in [0.29, 0.717) is 30.6 Å². The van der Waals surface area contributed by atoms with E-state index >= 15 is 0 Å². The minimum atomic E-state index is -0.445. The lowest BCUT2D eigenvalue weighted by Crippen LogP contribution is -2.42. The molecule has 0 aliphatic carbocycles. The second-order valence-corrected chi connectivity index (χ2v) is 7.65. The number of nitrogens with one attached hydrogen (secondary N) is 3. The first-order chi connectivity index (χ1) is 14.2. The van der Waals surface area contributed by atoms with E-state index in [1.165, 1.54) is 12.1 Å². The zero-order valence-corrected chi connectivity index (χ0v) is 17.5. The average molecular weight is 412 g/mol. The Hall–Kier alpha value is -3.42. The highest BCUT2D eigenvalue weighted by molar-refractivity contribution is 5.96. The molecule has 160 valence electrons. The van der Waals surface area contributed by atoms with Gasteiger partial charge in [0, 0.05) is 47.6 Å². The van der Waals surface area contributed by atoms with Crippen LogP contribution in [0.1, 0.15) is 50.4 Å². The second kappa shape index (κ2) is 10.4. The molecule has 0 heterocycles. The van der Waals surface area contributed by atoms with E-state index in [9.17, 15) is 19.7 Å². The number of nitrogens with zero attached hydrogens (tertiary/aromatic N) is 1. The number of carbonyl (C=O) groups excluding carboxylic acids is 2. The van der Waals surface area contributed by atoms with Gasteiger partial charge in [0.15, 0.2) is 0 Å². The first kappa shape index (κ1) is 22.9. The number of hydrogen-bond donors (Lipinski definition) is 3. The normalized spacial score (nSPS) is 10.9. The number of hydrogen-bond acceptors (Lipinski definition) is 5. The summed E-state index contributed by atoms with van der Waals surface area (Å²) in [5.41, 5.74) is 1.71. The quantitative estimate of drug-likeness (QED) is 0.305. The Bertz CT molecular complexity index is 877. The van der Waals surface area contributed by atoms with E-state index in [2.05, 4.69) is 16.0 Å². The van der Waals surface area contributed by atoms with Crippen LogP contribution in [0.4, 0.5) is 17.1 Å². The maximum absolute atomic E-state index is 12.3. The van der Waals surface area contributed by atoms with E-state index in [0.717, 1.165) is 12.1 Å². The highest BCUT2D eigenvalue weighted by atomic mass is 16.6. The van der Waals surface area contributed by atoms with Crippen LogP contribution in [0.2, 0.25) is 0 Å². The van der Waals surface area contributed by atoms with E-state index in [-0.39, 0.29) is 23.0 Å². The van der Waals surface area contributed by atoms with Gasteiger partial charge in [-0.25, -0.2) is 0 Å². The molecule has 8 nitrogen and oxygen atoms in total. The smallest absolute Gasteiger partial charge is 0.269 e. The van der Waals surface area contributed by atoms with Gasteiger partial charge in [-0.1, -0.05) is 6.92 Å².